The number of nitrogens with zero attached hydrogens (tertiary/aromatic N) is 1. The minimum absolute atomic E-state index is 0.0716. The largest absolute Gasteiger partial charge is 0.482 e. The number of nitrogens with one attached hydrogen (secondary N) is 1. The molecule has 1 saturated heterocycles. The summed E-state index contributed by atoms with van der Waals surface area (Å²) in [5.74, 6) is 0.976. The summed E-state index contributed by atoms with van der Waals surface area (Å²) in [6.45, 7) is 5.50. The van der Waals surface area contributed by atoms with Crippen molar-refractivity contribution < 1.29 is 17.9 Å². The highest BCUT2D eigenvalue weighted by Crippen LogP contribution is 2.28. The second kappa shape index (κ2) is 11.2. The van der Waals surface area contributed by atoms with Crippen molar-refractivity contribution in [3.63, 3.8) is 0 Å². The van der Waals surface area contributed by atoms with E-state index in [-0.39, 0.29) is 28.4 Å². The van der Waals surface area contributed by atoms with Crippen molar-refractivity contribution in [2.75, 3.05) is 26.2 Å². The molecule has 32 heavy (non-hydrogen) atoms. The molecule has 0 bridgehead atoms. The van der Waals surface area contributed by atoms with Crippen molar-refractivity contribution in [2.24, 2.45) is 11.8 Å². The molecule has 0 atom stereocenters. The van der Waals surface area contributed by atoms with Gasteiger partial charge in [-0.15, -0.1) is 0 Å². The lowest BCUT2D eigenvalue weighted by Crippen LogP contribution is -2.41. The highest BCUT2D eigenvalue weighted by atomic mass is 35.5. The normalized spacial score (nSPS) is 15.2. The number of benzene rings is 2. The third-order valence-corrected chi connectivity index (χ3v) is 7.30. The summed E-state index contributed by atoms with van der Waals surface area (Å²) < 4.78 is 32.8. The Kier molecular flexibility index (Phi) is 8.57. The molecule has 6 nitrogen and oxygen atoms in total. The van der Waals surface area contributed by atoms with Gasteiger partial charge in [-0.05, 0) is 54.9 Å². The highest BCUT2D eigenvalue weighted by molar-refractivity contribution is 7.89. The predicted octanol–water partition coefficient (Wildman–Crippen LogP) is 4.13. The van der Waals surface area contributed by atoms with E-state index in [9.17, 15) is 13.2 Å². The van der Waals surface area contributed by atoms with Crippen LogP contribution in [0.4, 0.5) is 0 Å². The molecular weight excluding hydrogens is 448 g/mol. The second-order valence-electron chi connectivity index (χ2n) is 8.64. The Morgan fingerprint density at radius 3 is 2.47 bits per heavy atom. The van der Waals surface area contributed by atoms with Gasteiger partial charge in [0, 0.05) is 19.6 Å². The van der Waals surface area contributed by atoms with Gasteiger partial charge in [0.25, 0.3) is 5.91 Å². The van der Waals surface area contributed by atoms with E-state index >= 15 is 0 Å². The van der Waals surface area contributed by atoms with Gasteiger partial charge in [0.1, 0.15) is 5.75 Å². The molecule has 0 aliphatic carbocycles. The molecule has 1 aliphatic rings. The molecule has 3 rings (SSSR count). The molecule has 0 aromatic heterocycles. The first-order chi connectivity index (χ1) is 15.2. The number of hydrogen-bond acceptors (Lipinski definition) is 4. The molecule has 2 aromatic carbocycles. The van der Waals surface area contributed by atoms with Crippen LogP contribution in [0.3, 0.4) is 0 Å². The Morgan fingerprint density at radius 1 is 1.16 bits per heavy atom. The Balaban J connectivity index is 1.48. The summed E-state index contributed by atoms with van der Waals surface area (Å²) in [6.07, 6.45) is 2.98. The van der Waals surface area contributed by atoms with Gasteiger partial charge in [0.2, 0.25) is 10.0 Å². The smallest absolute Gasteiger partial charge is 0.260 e. The van der Waals surface area contributed by atoms with Crippen LogP contribution >= 0.6 is 11.6 Å². The standard InChI is InChI=1S/C24H31ClN2O4S/c1-18(2)16-26-32(29,30)21-8-9-23(22(25)15-21)31-17-24(28)27-12-10-20(11-13-27)14-19-6-4-3-5-7-19/h3-9,15,18,20,26H,10-14,16-17H2,1-2H3. The molecule has 0 radical (unpaired) electrons. The van der Waals surface area contributed by atoms with Gasteiger partial charge in [0.15, 0.2) is 6.61 Å². The fourth-order valence-electron chi connectivity index (χ4n) is 3.69. The van der Waals surface area contributed by atoms with Gasteiger partial charge in [-0.25, -0.2) is 13.1 Å². The first-order valence-electron chi connectivity index (χ1n) is 11.0. The van der Waals surface area contributed by atoms with Crippen molar-refractivity contribution in [3.05, 3.63) is 59.1 Å². The molecule has 174 valence electrons. The number of hydrogen-bond donors (Lipinski definition) is 1. The van der Waals surface area contributed by atoms with E-state index in [0.717, 1.165) is 19.3 Å². The van der Waals surface area contributed by atoms with E-state index < -0.39 is 10.0 Å². The van der Waals surface area contributed by atoms with Crippen LogP contribution in [0.15, 0.2) is 53.4 Å². The number of carbonyl (C=O) groups is 1. The first kappa shape index (κ1) is 24.6. The number of halogens is 1. The zero-order valence-electron chi connectivity index (χ0n) is 18.6. The summed E-state index contributed by atoms with van der Waals surface area (Å²) in [6, 6.07) is 14.7. The van der Waals surface area contributed by atoms with Crippen LogP contribution in [0.2, 0.25) is 5.02 Å². The SMILES string of the molecule is CC(C)CNS(=O)(=O)c1ccc(OCC(=O)N2CCC(Cc3ccccc3)CC2)c(Cl)c1. The zero-order chi connectivity index (χ0) is 23.1. The quantitative estimate of drug-likeness (QED) is 0.587. The summed E-state index contributed by atoms with van der Waals surface area (Å²) in [5.41, 5.74) is 1.33. The van der Waals surface area contributed by atoms with Crippen molar-refractivity contribution in [1.29, 1.82) is 0 Å². The van der Waals surface area contributed by atoms with Gasteiger partial charge in [-0.3, -0.25) is 4.79 Å². The molecule has 0 saturated carbocycles. The van der Waals surface area contributed by atoms with E-state index in [1.54, 1.807) is 0 Å². The third-order valence-electron chi connectivity index (χ3n) is 5.58. The molecule has 8 heteroatoms. The van der Waals surface area contributed by atoms with Crippen LogP contribution in [0.1, 0.15) is 32.3 Å². The minimum atomic E-state index is -3.64. The van der Waals surface area contributed by atoms with Crippen LogP contribution in [-0.2, 0) is 21.2 Å². The fraction of sp³-hybridized carbons (Fsp3) is 0.458. The van der Waals surface area contributed by atoms with Crippen LogP contribution in [0.5, 0.6) is 5.75 Å². The molecule has 1 amide bonds. The number of ether oxygens (including phenoxy) is 1. The van der Waals surface area contributed by atoms with E-state index in [0.29, 0.717) is 31.3 Å². The number of carbonyl (C=O) groups excluding carboxylic acids is 1. The Bertz CT molecular complexity index is 1000. The number of likely N-dealkylation sites (tertiary alicyclic amines) is 1. The van der Waals surface area contributed by atoms with Gasteiger partial charge in [-0.1, -0.05) is 55.8 Å². The Labute approximate surface area is 196 Å². The summed E-state index contributed by atoms with van der Waals surface area (Å²) >= 11 is 6.22. The van der Waals surface area contributed by atoms with Crippen LogP contribution < -0.4 is 9.46 Å². The van der Waals surface area contributed by atoms with Crippen LogP contribution in [0.25, 0.3) is 0 Å². The van der Waals surface area contributed by atoms with Crippen molar-refractivity contribution in [3.8, 4) is 5.75 Å². The fourth-order valence-corrected chi connectivity index (χ4v) is 5.23. The third kappa shape index (κ3) is 6.95. The maximum Gasteiger partial charge on any atom is 0.260 e. The molecule has 0 spiro atoms. The highest BCUT2D eigenvalue weighted by Gasteiger charge is 2.23. The molecule has 1 N–H and O–H groups in total. The summed E-state index contributed by atoms with van der Waals surface area (Å²) in [4.78, 5) is 14.5. The van der Waals surface area contributed by atoms with Crippen molar-refractivity contribution in [2.45, 2.75) is 38.0 Å². The first-order valence-corrected chi connectivity index (χ1v) is 12.8. The average molecular weight is 479 g/mol. The van der Waals surface area contributed by atoms with Gasteiger partial charge < -0.3 is 9.64 Å². The lowest BCUT2D eigenvalue weighted by Gasteiger charge is -2.32. The molecule has 1 fully saturated rings. The number of sulfonamides is 1. The monoisotopic (exact) mass is 478 g/mol. The maximum absolute atomic E-state index is 12.6. The molecule has 1 aliphatic heterocycles. The lowest BCUT2D eigenvalue weighted by atomic mass is 9.90. The van der Waals surface area contributed by atoms with E-state index in [1.807, 2.05) is 24.8 Å². The topological polar surface area (TPSA) is 75.7 Å². The van der Waals surface area contributed by atoms with Crippen molar-refractivity contribution in [1.82, 2.24) is 9.62 Å². The number of rotatable bonds is 9. The minimum Gasteiger partial charge on any atom is -0.482 e. The predicted molar refractivity (Wildman–Crippen MR) is 126 cm³/mol. The van der Waals surface area contributed by atoms with Crippen molar-refractivity contribution >= 4 is 27.5 Å². The van der Waals surface area contributed by atoms with Crippen LogP contribution in [0, 0.1) is 11.8 Å². The van der Waals surface area contributed by atoms with E-state index in [1.165, 1.54) is 23.8 Å². The Hall–Kier alpha value is -2.09. The molecule has 0 unspecified atom stereocenters. The average Bonchev–Trinajstić information content (AvgIpc) is 2.78. The van der Waals surface area contributed by atoms with Gasteiger partial charge >= 0.3 is 0 Å². The number of amides is 1. The Morgan fingerprint density at radius 2 is 1.84 bits per heavy atom. The van der Waals surface area contributed by atoms with Gasteiger partial charge in [-0.2, -0.15) is 0 Å². The lowest BCUT2D eigenvalue weighted by molar-refractivity contribution is -0.134. The second-order valence-corrected chi connectivity index (χ2v) is 10.8. The molecule has 2 aromatic rings. The summed E-state index contributed by atoms with van der Waals surface area (Å²) in [5, 5.41) is 0.159. The molecule has 1 heterocycles. The van der Waals surface area contributed by atoms with E-state index in [2.05, 4.69) is 29.0 Å². The zero-order valence-corrected chi connectivity index (χ0v) is 20.2. The van der Waals surface area contributed by atoms with Gasteiger partial charge in [0.05, 0.1) is 9.92 Å². The van der Waals surface area contributed by atoms with Crippen LogP contribution in [-0.4, -0.2) is 45.5 Å². The number of piperidine rings is 1. The maximum atomic E-state index is 12.6. The van der Waals surface area contributed by atoms with E-state index in [4.69, 9.17) is 16.3 Å². The molecular formula is C24H31ClN2O4S. The summed E-state index contributed by atoms with van der Waals surface area (Å²) in [7, 11) is -3.64.